The predicted octanol–water partition coefficient (Wildman–Crippen LogP) is 4.12. The van der Waals surface area contributed by atoms with Crippen molar-refractivity contribution < 1.29 is 18.0 Å². The maximum Gasteiger partial charge on any atom is 0.253 e. The second kappa shape index (κ2) is 6.41. The number of nitrogens with zero attached hydrogens (tertiary/aromatic N) is 3. The zero-order valence-corrected chi connectivity index (χ0v) is 16.0. The van der Waals surface area contributed by atoms with Gasteiger partial charge in [-0.25, -0.2) is 18.7 Å². The second-order valence-corrected chi connectivity index (χ2v) is 7.62. The van der Waals surface area contributed by atoms with Gasteiger partial charge in [-0.15, -0.1) is 0 Å². The van der Waals surface area contributed by atoms with Crippen molar-refractivity contribution in [2.75, 3.05) is 4.90 Å². The first kappa shape index (κ1) is 18.6. The fourth-order valence-electron chi connectivity index (χ4n) is 3.36. The smallest absolute Gasteiger partial charge is 0.253 e. The second-order valence-electron chi connectivity index (χ2n) is 7.22. The lowest BCUT2D eigenvalue weighted by atomic mass is 10.1. The van der Waals surface area contributed by atoms with E-state index in [1.165, 1.54) is 12.4 Å². The average Bonchev–Trinajstić information content (AvgIpc) is 3.26. The lowest BCUT2D eigenvalue weighted by molar-refractivity contribution is 0.1000. The number of nitrogens with two attached hydrogens (primary N) is 1. The number of benzene rings is 1. The summed E-state index contributed by atoms with van der Waals surface area (Å²) in [6.45, 7) is 3.70. The van der Waals surface area contributed by atoms with Crippen molar-refractivity contribution in [2.24, 2.45) is 5.73 Å². The van der Waals surface area contributed by atoms with Gasteiger partial charge in [0, 0.05) is 23.7 Å². The predicted molar refractivity (Wildman–Crippen MR) is 100 cm³/mol. The number of halogens is 3. The molecule has 1 fully saturated rings. The summed E-state index contributed by atoms with van der Waals surface area (Å²) in [4.78, 5) is 22.3. The first-order valence-electron chi connectivity index (χ1n) is 8.66. The van der Waals surface area contributed by atoms with Gasteiger partial charge in [0.15, 0.2) is 0 Å². The van der Waals surface area contributed by atoms with E-state index in [9.17, 15) is 13.6 Å². The molecule has 0 bridgehead atoms. The largest absolute Gasteiger partial charge is 0.442 e. The molecule has 1 amide bonds. The molecule has 2 N–H and O–H groups in total. The summed E-state index contributed by atoms with van der Waals surface area (Å²) in [6, 6.07) is 2.02. The number of hydrogen-bond donors (Lipinski definition) is 1. The molecule has 3 aromatic rings. The summed E-state index contributed by atoms with van der Waals surface area (Å²) in [5.41, 5.74) is 5.86. The highest BCUT2D eigenvalue weighted by Crippen LogP contribution is 2.46. The van der Waals surface area contributed by atoms with Crippen molar-refractivity contribution >= 4 is 34.4 Å². The number of carbonyl (C=O) groups excluding carboxylic acids is 1. The molecule has 1 aliphatic rings. The van der Waals surface area contributed by atoms with Crippen LogP contribution in [0.1, 0.15) is 41.4 Å². The molecule has 0 saturated heterocycles. The van der Waals surface area contributed by atoms with Crippen LogP contribution in [0.25, 0.3) is 11.1 Å². The summed E-state index contributed by atoms with van der Waals surface area (Å²) < 4.78 is 33.5. The highest BCUT2D eigenvalue weighted by molar-refractivity contribution is 6.30. The maximum atomic E-state index is 14.4. The highest BCUT2D eigenvalue weighted by atomic mass is 35.5. The Kier molecular flexibility index (Phi) is 4.26. The van der Waals surface area contributed by atoms with Gasteiger partial charge in [-0.3, -0.25) is 4.79 Å². The Morgan fingerprint density at radius 3 is 2.68 bits per heavy atom. The van der Waals surface area contributed by atoms with Crippen LogP contribution >= 0.6 is 11.6 Å². The molecule has 146 valence electrons. The minimum absolute atomic E-state index is 0.0802. The lowest BCUT2D eigenvalue weighted by Crippen LogP contribution is -2.36. The van der Waals surface area contributed by atoms with E-state index in [-0.39, 0.29) is 33.9 Å². The van der Waals surface area contributed by atoms with Crippen molar-refractivity contribution in [3.8, 4) is 0 Å². The quantitative estimate of drug-likeness (QED) is 0.644. The molecule has 0 radical (unpaired) electrons. The molecule has 2 heterocycles. The van der Waals surface area contributed by atoms with Crippen LogP contribution in [0.3, 0.4) is 0 Å². The van der Waals surface area contributed by atoms with Gasteiger partial charge in [-0.1, -0.05) is 11.6 Å². The number of anilines is 1. The van der Waals surface area contributed by atoms with Crippen LogP contribution in [0.5, 0.6) is 0 Å². The van der Waals surface area contributed by atoms with Crippen LogP contribution < -0.4 is 10.6 Å². The Bertz CT molecular complexity index is 1110. The van der Waals surface area contributed by atoms with E-state index in [0.29, 0.717) is 17.0 Å². The molecule has 4 rings (SSSR count). The van der Waals surface area contributed by atoms with Crippen LogP contribution in [0.4, 0.5) is 14.6 Å². The van der Waals surface area contributed by atoms with Crippen LogP contribution in [0, 0.1) is 18.6 Å². The van der Waals surface area contributed by atoms with Gasteiger partial charge in [0.2, 0.25) is 5.71 Å². The molecule has 28 heavy (non-hydrogen) atoms. The zero-order chi connectivity index (χ0) is 20.2. The monoisotopic (exact) mass is 406 g/mol. The summed E-state index contributed by atoms with van der Waals surface area (Å²) in [5.74, 6) is -1.45. The minimum atomic E-state index is -0.821. The maximum absolute atomic E-state index is 14.4. The summed E-state index contributed by atoms with van der Waals surface area (Å²) >= 11 is 5.85. The number of primary amides is 1. The third-order valence-corrected chi connectivity index (χ3v) is 5.48. The van der Waals surface area contributed by atoms with Gasteiger partial charge in [-0.05, 0) is 32.8 Å². The van der Waals surface area contributed by atoms with Crippen molar-refractivity contribution in [3.05, 3.63) is 52.0 Å². The van der Waals surface area contributed by atoms with Crippen LogP contribution in [0.2, 0.25) is 5.02 Å². The van der Waals surface area contributed by atoms with Gasteiger partial charge in [-0.2, -0.15) is 0 Å². The Morgan fingerprint density at radius 1 is 1.32 bits per heavy atom. The molecule has 1 aromatic carbocycles. The van der Waals surface area contributed by atoms with E-state index in [2.05, 4.69) is 9.97 Å². The van der Waals surface area contributed by atoms with E-state index in [1.54, 1.807) is 6.92 Å². The fourth-order valence-corrected chi connectivity index (χ4v) is 3.54. The Hall–Kier alpha value is -2.74. The van der Waals surface area contributed by atoms with Gasteiger partial charge >= 0.3 is 0 Å². The molecule has 9 heteroatoms. The molecule has 0 aliphatic heterocycles. The normalized spacial score (nSPS) is 15.0. The van der Waals surface area contributed by atoms with E-state index in [0.717, 1.165) is 18.9 Å². The van der Waals surface area contributed by atoms with E-state index in [1.807, 2.05) is 11.8 Å². The number of rotatable bonds is 5. The standard InChI is InChI=1S/C19H17ClF2N4O2/c1-9-14(16(23)27)15-17(24-8-25-18(15)28-9)26(19(2)3-4-19)7-10-5-11(20)13(22)6-12(10)21/h5-6,8H,3-4,7H2,1-2H3,(H2,23,27). The molecule has 2 aromatic heterocycles. The van der Waals surface area contributed by atoms with Gasteiger partial charge in [0.1, 0.15) is 29.5 Å². The van der Waals surface area contributed by atoms with Crippen LogP contribution in [-0.2, 0) is 6.54 Å². The van der Waals surface area contributed by atoms with Crippen molar-refractivity contribution in [1.29, 1.82) is 0 Å². The number of hydrogen-bond acceptors (Lipinski definition) is 5. The molecular formula is C19H17ClF2N4O2. The highest BCUT2D eigenvalue weighted by Gasteiger charge is 2.45. The first-order valence-corrected chi connectivity index (χ1v) is 9.04. The van der Waals surface area contributed by atoms with Gasteiger partial charge < -0.3 is 15.1 Å². The lowest BCUT2D eigenvalue weighted by Gasteiger charge is -2.31. The fraction of sp³-hybridized carbons (Fsp3) is 0.316. The number of amides is 1. The number of fused-ring (bicyclic) bond motifs is 1. The molecular weight excluding hydrogens is 390 g/mol. The number of aromatic nitrogens is 2. The average molecular weight is 407 g/mol. The molecule has 0 unspecified atom stereocenters. The number of furan rings is 1. The first-order chi connectivity index (χ1) is 13.2. The molecule has 0 spiro atoms. The van der Waals surface area contributed by atoms with Crippen molar-refractivity contribution in [3.63, 3.8) is 0 Å². The summed E-state index contributed by atoms with van der Waals surface area (Å²) in [5, 5.41) is 0.219. The zero-order valence-electron chi connectivity index (χ0n) is 15.2. The van der Waals surface area contributed by atoms with E-state index < -0.39 is 17.5 Å². The number of carbonyl (C=O) groups is 1. The number of aryl methyl sites for hydroxylation is 1. The summed E-state index contributed by atoms with van der Waals surface area (Å²) in [6.07, 6.45) is 3.01. The van der Waals surface area contributed by atoms with Crippen molar-refractivity contribution in [2.45, 2.75) is 38.8 Å². The Balaban J connectivity index is 1.89. The van der Waals surface area contributed by atoms with Crippen molar-refractivity contribution in [1.82, 2.24) is 9.97 Å². The van der Waals surface area contributed by atoms with Gasteiger partial charge in [0.25, 0.3) is 5.91 Å². The summed E-state index contributed by atoms with van der Waals surface area (Å²) in [7, 11) is 0. The van der Waals surface area contributed by atoms with Crippen LogP contribution in [0.15, 0.2) is 22.9 Å². The third-order valence-electron chi connectivity index (χ3n) is 5.19. The van der Waals surface area contributed by atoms with E-state index >= 15 is 0 Å². The third kappa shape index (κ3) is 2.97. The molecule has 1 aliphatic carbocycles. The Labute approximate surface area is 164 Å². The SMILES string of the molecule is Cc1oc2ncnc(N(Cc3cc(Cl)c(F)cc3F)C3(C)CC3)c2c1C(N)=O. The Morgan fingerprint density at radius 2 is 2.04 bits per heavy atom. The van der Waals surface area contributed by atoms with Crippen LogP contribution in [-0.4, -0.2) is 21.4 Å². The minimum Gasteiger partial charge on any atom is -0.442 e. The molecule has 6 nitrogen and oxygen atoms in total. The van der Waals surface area contributed by atoms with Gasteiger partial charge in [0.05, 0.1) is 16.0 Å². The molecule has 0 atom stereocenters. The molecule has 1 saturated carbocycles. The van der Waals surface area contributed by atoms with E-state index in [4.69, 9.17) is 21.8 Å². The topological polar surface area (TPSA) is 85.2 Å².